The number of benzene rings is 1. The molecule has 1 aliphatic rings. The van der Waals surface area contributed by atoms with E-state index in [1.807, 2.05) is 0 Å². The number of hydrogen-bond donors (Lipinski definition) is 2. The Morgan fingerprint density at radius 1 is 1.47 bits per heavy atom. The van der Waals surface area contributed by atoms with Gasteiger partial charge in [0.2, 0.25) is 5.91 Å². The van der Waals surface area contributed by atoms with Crippen molar-refractivity contribution in [2.24, 2.45) is 0 Å². The summed E-state index contributed by atoms with van der Waals surface area (Å²) in [5, 5.41) is 5.41. The van der Waals surface area contributed by atoms with Crippen LogP contribution in [0, 0.1) is 5.82 Å². The van der Waals surface area contributed by atoms with E-state index >= 15 is 0 Å². The highest BCUT2D eigenvalue weighted by Crippen LogP contribution is 2.07. The Bertz CT molecular complexity index is 448. The molecule has 2 amide bonds. The molecule has 0 spiro atoms. The third-order valence-corrected chi connectivity index (χ3v) is 2.67. The number of halogens is 1. The van der Waals surface area contributed by atoms with Gasteiger partial charge in [0.05, 0.1) is 0 Å². The molecule has 0 aromatic heterocycles. The third kappa shape index (κ3) is 3.03. The minimum atomic E-state index is -0.445. The molecule has 0 bridgehead atoms. The van der Waals surface area contributed by atoms with Crippen molar-refractivity contribution in [2.45, 2.75) is 18.9 Å². The molecule has 1 heterocycles. The van der Waals surface area contributed by atoms with Gasteiger partial charge in [-0.3, -0.25) is 9.59 Å². The lowest BCUT2D eigenvalue weighted by Gasteiger charge is -2.23. The van der Waals surface area contributed by atoms with Gasteiger partial charge in [-0.25, -0.2) is 4.39 Å². The molecule has 1 aromatic rings. The van der Waals surface area contributed by atoms with Crippen molar-refractivity contribution in [1.82, 2.24) is 10.6 Å². The van der Waals surface area contributed by atoms with Crippen molar-refractivity contribution >= 4 is 11.8 Å². The Morgan fingerprint density at radius 2 is 2.29 bits per heavy atom. The predicted molar refractivity (Wildman–Crippen MR) is 59.9 cm³/mol. The molecule has 1 aromatic carbocycles. The molecule has 17 heavy (non-hydrogen) atoms. The minimum absolute atomic E-state index is 0.0687. The lowest BCUT2D eigenvalue weighted by molar-refractivity contribution is -0.122. The van der Waals surface area contributed by atoms with E-state index in [2.05, 4.69) is 10.6 Å². The summed E-state index contributed by atoms with van der Waals surface area (Å²) < 4.78 is 12.9. The standard InChI is InChI=1S/C12H13FN2O2/c13-9-3-1-2-8(6-9)12(17)15-10-4-5-14-11(16)7-10/h1-3,6,10H,4-5,7H2,(H,14,16)(H,15,17). The van der Waals surface area contributed by atoms with E-state index in [0.717, 1.165) is 0 Å². The van der Waals surface area contributed by atoms with Crippen LogP contribution in [-0.4, -0.2) is 24.4 Å². The van der Waals surface area contributed by atoms with E-state index in [0.29, 0.717) is 13.0 Å². The fourth-order valence-corrected chi connectivity index (χ4v) is 1.81. The Hall–Kier alpha value is -1.91. The Morgan fingerprint density at radius 3 is 3.00 bits per heavy atom. The number of piperidine rings is 1. The Balaban J connectivity index is 1.99. The first-order chi connectivity index (χ1) is 8.15. The number of nitrogens with one attached hydrogen (secondary N) is 2. The van der Waals surface area contributed by atoms with Crippen LogP contribution in [0.5, 0.6) is 0 Å². The number of amides is 2. The average Bonchev–Trinajstić information content (AvgIpc) is 2.29. The molecule has 90 valence electrons. The fraction of sp³-hybridized carbons (Fsp3) is 0.333. The highest BCUT2D eigenvalue weighted by molar-refractivity contribution is 5.94. The van der Waals surface area contributed by atoms with Crippen molar-refractivity contribution in [1.29, 1.82) is 0 Å². The molecule has 5 heteroatoms. The molecule has 2 rings (SSSR count). The second kappa shape index (κ2) is 4.95. The van der Waals surface area contributed by atoms with Gasteiger partial charge in [0.25, 0.3) is 5.91 Å². The monoisotopic (exact) mass is 236 g/mol. The smallest absolute Gasteiger partial charge is 0.251 e. The summed E-state index contributed by atoms with van der Waals surface area (Å²) in [5.74, 6) is -0.857. The minimum Gasteiger partial charge on any atom is -0.356 e. The van der Waals surface area contributed by atoms with E-state index in [-0.39, 0.29) is 29.8 Å². The van der Waals surface area contributed by atoms with Crippen LogP contribution >= 0.6 is 0 Å². The molecule has 0 radical (unpaired) electrons. The number of carbonyl (C=O) groups excluding carboxylic acids is 2. The van der Waals surface area contributed by atoms with Gasteiger partial charge in [-0.15, -0.1) is 0 Å². The van der Waals surface area contributed by atoms with Gasteiger partial charge in [-0.1, -0.05) is 6.07 Å². The summed E-state index contributed by atoms with van der Waals surface area (Å²) >= 11 is 0. The Labute approximate surface area is 98.2 Å². The van der Waals surface area contributed by atoms with E-state index < -0.39 is 5.82 Å². The summed E-state index contributed by atoms with van der Waals surface area (Å²) in [6.45, 7) is 0.562. The number of rotatable bonds is 2. The van der Waals surface area contributed by atoms with E-state index in [1.165, 1.54) is 18.2 Å². The highest BCUT2D eigenvalue weighted by Gasteiger charge is 2.21. The van der Waals surface area contributed by atoms with Crippen LogP contribution in [-0.2, 0) is 4.79 Å². The maximum absolute atomic E-state index is 12.9. The van der Waals surface area contributed by atoms with Crippen LogP contribution in [0.3, 0.4) is 0 Å². The average molecular weight is 236 g/mol. The van der Waals surface area contributed by atoms with Gasteiger partial charge in [0.15, 0.2) is 0 Å². The van der Waals surface area contributed by atoms with Gasteiger partial charge < -0.3 is 10.6 Å². The molecule has 2 N–H and O–H groups in total. The summed E-state index contributed by atoms with van der Waals surface area (Å²) in [4.78, 5) is 22.9. The SMILES string of the molecule is O=C1CC(NC(=O)c2cccc(F)c2)CCN1. The molecular formula is C12H13FN2O2. The van der Waals surface area contributed by atoms with E-state index in [1.54, 1.807) is 6.07 Å². The van der Waals surface area contributed by atoms with E-state index in [4.69, 9.17) is 0 Å². The summed E-state index contributed by atoms with van der Waals surface area (Å²) in [7, 11) is 0. The summed E-state index contributed by atoms with van der Waals surface area (Å²) in [6, 6.07) is 5.32. The second-order valence-electron chi connectivity index (χ2n) is 4.02. The summed E-state index contributed by atoms with van der Waals surface area (Å²) in [6.07, 6.45) is 0.980. The first-order valence-corrected chi connectivity index (χ1v) is 5.48. The molecule has 0 aliphatic carbocycles. The summed E-state index contributed by atoms with van der Waals surface area (Å²) in [5.41, 5.74) is 0.274. The quantitative estimate of drug-likeness (QED) is 0.799. The second-order valence-corrected chi connectivity index (χ2v) is 4.02. The van der Waals surface area contributed by atoms with Gasteiger partial charge in [-0.05, 0) is 24.6 Å². The molecule has 1 atom stereocenters. The molecule has 1 unspecified atom stereocenters. The topological polar surface area (TPSA) is 58.2 Å². The number of carbonyl (C=O) groups is 2. The van der Waals surface area contributed by atoms with Gasteiger partial charge in [0, 0.05) is 24.6 Å². The van der Waals surface area contributed by atoms with Crippen molar-refractivity contribution < 1.29 is 14.0 Å². The lowest BCUT2D eigenvalue weighted by Crippen LogP contribution is -2.45. The maximum atomic E-state index is 12.9. The molecular weight excluding hydrogens is 223 g/mol. The maximum Gasteiger partial charge on any atom is 0.251 e. The van der Waals surface area contributed by atoms with Crippen LogP contribution in [0.2, 0.25) is 0 Å². The molecule has 4 nitrogen and oxygen atoms in total. The largest absolute Gasteiger partial charge is 0.356 e. The van der Waals surface area contributed by atoms with Crippen molar-refractivity contribution in [3.05, 3.63) is 35.6 Å². The first kappa shape index (κ1) is 11.6. The van der Waals surface area contributed by atoms with Crippen LogP contribution in [0.4, 0.5) is 4.39 Å². The fourth-order valence-electron chi connectivity index (χ4n) is 1.81. The number of hydrogen-bond acceptors (Lipinski definition) is 2. The van der Waals surface area contributed by atoms with E-state index in [9.17, 15) is 14.0 Å². The van der Waals surface area contributed by atoms with Crippen LogP contribution in [0.1, 0.15) is 23.2 Å². The first-order valence-electron chi connectivity index (χ1n) is 5.48. The zero-order valence-electron chi connectivity index (χ0n) is 9.20. The predicted octanol–water partition coefficient (Wildman–Crippen LogP) is 0.834. The van der Waals surface area contributed by atoms with Crippen molar-refractivity contribution in [2.75, 3.05) is 6.54 Å². The zero-order chi connectivity index (χ0) is 12.3. The molecule has 1 saturated heterocycles. The van der Waals surface area contributed by atoms with Gasteiger partial charge in [-0.2, -0.15) is 0 Å². The zero-order valence-corrected chi connectivity index (χ0v) is 9.20. The van der Waals surface area contributed by atoms with Gasteiger partial charge >= 0.3 is 0 Å². The third-order valence-electron chi connectivity index (χ3n) is 2.67. The normalized spacial score (nSPS) is 19.6. The molecule has 1 aliphatic heterocycles. The van der Waals surface area contributed by atoms with Crippen LogP contribution in [0.25, 0.3) is 0 Å². The lowest BCUT2D eigenvalue weighted by atomic mass is 10.1. The Kier molecular flexibility index (Phi) is 3.37. The molecule has 0 saturated carbocycles. The van der Waals surface area contributed by atoms with Crippen molar-refractivity contribution in [3.8, 4) is 0 Å². The van der Waals surface area contributed by atoms with Crippen LogP contribution < -0.4 is 10.6 Å². The van der Waals surface area contributed by atoms with Gasteiger partial charge in [0.1, 0.15) is 5.82 Å². The van der Waals surface area contributed by atoms with Crippen molar-refractivity contribution in [3.63, 3.8) is 0 Å². The highest BCUT2D eigenvalue weighted by atomic mass is 19.1. The molecule has 1 fully saturated rings. The van der Waals surface area contributed by atoms with Crippen LogP contribution in [0.15, 0.2) is 24.3 Å².